The number of methoxy groups -OCH3 is 2. The van der Waals surface area contributed by atoms with Crippen LogP contribution in [-0.2, 0) is 4.79 Å². The van der Waals surface area contributed by atoms with Crippen molar-refractivity contribution in [3.63, 3.8) is 0 Å². The van der Waals surface area contributed by atoms with Gasteiger partial charge in [-0.15, -0.1) is 0 Å². The second-order valence-electron chi connectivity index (χ2n) is 7.07. The molecule has 1 heterocycles. The quantitative estimate of drug-likeness (QED) is 0.758. The Morgan fingerprint density at radius 3 is 2.42 bits per heavy atom. The normalized spacial score (nSPS) is 19.7. The monoisotopic (exact) mass is 358 g/mol. The summed E-state index contributed by atoms with van der Waals surface area (Å²) in [7, 11) is 3.23. The Kier molecular flexibility index (Phi) is 6.56. The van der Waals surface area contributed by atoms with Crippen LogP contribution in [0.1, 0.15) is 37.7 Å². The van der Waals surface area contributed by atoms with Crippen molar-refractivity contribution in [1.82, 2.24) is 9.80 Å². The van der Waals surface area contributed by atoms with Gasteiger partial charge in [0.1, 0.15) is 0 Å². The summed E-state index contributed by atoms with van der Waals surface area (Å²) in [6.07, 6.45) is 10.2. The lowest BCUT2D eigenvalue weighted by molar-refractivity contribution is -0.128. The summed E-state index contributed by atoms with van der Waals surface area (Å²) in [5.74, 6) is 1.39. The molecule has 5 heteroatoms. The summed E-state index contributed by atoms with van der Waals surface area (Å²) < 4.78 is 10.7. The molecular formula is C21H30N2O3. The lowest BCUT2D eigenvalue weighted by Crippen LogP contribution is -2.52. The number of piperazine rings is 1. The van der Waals surface area contributed by atoms with Crippen molar-refractivity contribution in [1.29, 1.82) is 0 Å². The molecule has 26 heavy (non-hydrogen) atoms. The molecule has 1 saturated heterocycles. The minimum absolute atomic E-state index is 0.0677. The summed E-state index contributed by atoms with van der Waals surface area (Å²) in [5.41, 5.74) is 0.848. The Hall–Kier alpha value is -2.01. The lowest BCUT2D eigenvalue weighted by atomic mass is 9.94. The molecule has 1 aromatic rings. The van der Waals surface area contributed by atoms with E-state index in [0.29, 0.717) is 11.5 Å². The minimum atomic E-state index is 0.0677. The second kappa shape index (κ2) is 9.08. The Bertz CT molecular complexity index is 630. The van der Waals surface area contributed by atoms with Crippen LogP contribution in [0.4, 0.5) is 0 Å². The molecule has 142 valence electrons. The predicted octanol–water partition coefficient (Wildman–Crippen LogP) is 3.19. The number of carbonyl (C=O) groups is 1. The molecule has 1 amide bonds. The molecule has 0 unspecified atom stereocenters. The van der Waals surface area contributed by atoms with Crippen LogP contribution in [0.5, 0.6) is 11.5 Å². The fraction of sp³-hybridized carbons (Fsp3) is 0.571. The Balaban J connectivity index is 1.57. The van der Waals surface area contributed by atoms with E-state index in [4.69, 9.17) is 9.47 Å². The number of hydrogen-bond donors (Lipinski definition) is 0. The largest absolute Gasteiger partial charge is 0.493 e. The van der Waals surface area contributed by atoms with Gasteiger partial charge in [0, 0.05) is 43.9 Å². The summed E-state index contributed by atoms with van der Waals surface area (Å²) in [6.45, 7) is 3.61. The van der Waals surface area contributed by atoms with Crippen molar-refractivity contribution >= 4 is 12.0 Å². The first-order chi connectivity index (χ1) is 12.7. The number of benzene rings is 1. The molecule has 1 aromatic carbocycles. The van der Waals surface area contributed by atoms with E-state index in [-0.39, 0.29) is 5.91 Å². The predicted molar refractivity (Wildman–Crippen MR) is 104 cm³/mol. The van der Waals surface area contributed by atoms with Gasteiger partial charge in [0.05, 0.1) is 14.2 Å². The van der Waals surface area contributed by atoms with Crippen LogP contribution in [0.15, 0.2) is 24.3 Å². The molecular weight excluding hydrogens is 328 g/mol. The van der Waals surface area contributed by atoms with E-state index in [0.717, 1.165) is 37.8 Å². The topological polar surface area (TPSA) is 42.0 Å². The van der Waals surface area contributed by atoms with Gasteiger partial charge in [0.2, 0.25) is 5.91 Å². The van der Waals surface area contributed by atoms with Gasteiger partial charge < -0.3 is 14.4 Å². The zero-order valence-electron chi connectivity index (χ0n) is 15.9. The highest BCUT2D eigenvalue weighted by Gasteiger charge is 2.26. The maximum absolute atomic E-state index is 12.6. The zero-order valence-corrected chi connectivity index (χ0v) is 15.9. The van der Waals surface area contributed by atoms with Crippen LogP contribution < -0.4 is 9.47 Å². The van der Waals surface area contributed by atoms with Crippen LogP contribution in [0, 0.1) is 0 Å². The molecule has 1 saturated carbocycles. The number of nitrogens with zero attached hydrogens (tertiary/aromatic N) is 2. The summed E-state index contributed by atoms with van der Waals surface area (Å²) >= 11 is 0. The van der Waals surface area contributed by atoms with Crippen LogP contribution in [0.2, 0.25) is 0 Å². The summed E-state index contributed by atoms with van der Waals surface area (Å²) in [4.78, 5) is 17.1. The number of carbonyl (C=O) groups excluding carboxylic acids is 1. The highest BCUT2D eigenvalue weighted by Crippen LogP contribution is 2.31. The van der Waals surface area contributed by atoms with Gasteiger partial charge in [-0.25, -0.2) is 0 Å². The summed E-state index contributed by atoms with van der Waals surface area (Å²) in [5, 5.41) is 0. The van der Waals surface area contributed by atoms with Crippen LogP contribution >= 0.6 is 0 Å². The van der Waals surface area contributed by atoms with Crippen LogP contribution in [0.25, 0.3) is 6.08 Å². The smallest absolute Gasteiger partial charge is 0.246 e. The van der Waals surface area contributed by atoms with E-state index in [1.807, 2.05) is 29.2 Å². The first-order valence-electron chi connectivity index (χ1n) is 9.65. The van der Waals surface area contributed by atoms with Crippen molar-refractivity contribution in [2.24, 2.45) is 0 Å². The summed E-state index contributed by atoms with van der Waals surface area (Å²) in [6, 6.07) is 6.40. The second-order valence-corrected chi connectivity index (χ2v) is 7.07. The van der Waals surface area contributed by atoms with Gasteiger partial charge in [-0.2, -0.15) is 0 Å². The van der Waals surface area contributed by atoms with Crippen molar-refractivity contribution in [3.05, 3.63) is 29.8 Å². The zero-order chi connectivity index (χ0) is 18.4. The van der Waals surface area contributed by atoms with Gasteiger partial charge in [-0.3, -0.25) is 9.69 Å². The average molecular weight is 358 g/mol. The van der Waals surface area contributed by atoms with Gasteiger partial charge in [0.15, 0.2) is 11.5 Å². The third-order valence-corrected chi connectivity index (χ3v) is 5.56. The Morgan fingerprint density at radius 1 is 1.04 bits per heavy atom. The van der Waals surface area contributed by atoms with E-state index in [1.165, 1.54) is 32.1 Å². The fourth-order valence-corrected chi connectivity index (χ4v) is 4.06. The van der Waals surface area contributed by atoms with E-state index in [9.17, 15) is 4.79 Å². The number of amides is 1. The SMILES string of the molecule is COc1cccc(/C=C\C(=O)N2CCN(C3CCCCC3)CC2)c1OC. The first-order valence-corrected chi connectivity index (χ1v) is 9.65. The molecule has 5 nitrogen and oxygen atoms in total. The fourth-order valence-electron chi connectivity index (χ4n) is 4.06. The molecule has 0 atom stereocenters. The van der Waals surface area contributed by atoms with E-state index in [2.05, 4.69) is 4.90 Å². The van der Waals surface area contributed by atoms with E-state index >= 15 is 0 Å². The van der Waals surface area contributed by atoms with Crippen molar-refractivity contribution in [2.45, 2.75) is 38.1 Å². The number of para-hydroxylation sites is 1. The average Bonchev–Trinajstić information content (AvgIpc) is 2.72. The maximum atomic E-state index is 12.6. The van der Waals surface area contributed by atoms with Gasteiger partial charge in [-0.1, -0.05) is 31.4 Å². The van der Waals surface area contributed by atoms with Crippen molar-refractivity contribution in [2.75, 3.05) is 40.4 Å². The Morgan fingerprint density at radius 2 is 1.77 bits per heavy atom. The number of rotatable bonds is 5. The third-order valence-electron chi connectivity index (χ3n) is 5.56. The van der Waals surface area contributed by atoms with Gasteiger partial charge in [-0.05, 0) is 25.0 Å². The molecule has 2 aliphatic rings. The van der Waals surface area contributed by atoms with E-state index in [1.54, 1.807) is 20.3 Å². The number of hydrogen-bond acceptors (Lipinski definition) is 4. The third kappa shape index (κ3) is 4.39. The standard InChI is InChI=1S/C21H30N2O3/c1-25-19-10-6-7-17(21(19)26-2)11-12-20(24)23-15-13-22(14-16-23)18-8-4-3-5-9-18/h6-7,10-12,18H,3-5,8-9,13-16H2,1-2H3/b12-11-. The molecule has 1 aliphatic carbocycles. The molecule has 0 aromatic heterocycles. The number of ether oxygens (including phenoxy) is 2. The highest BCUT2D eigenvalue weighted by atomic mass is 16.5. The highest BCUT2D eigenvalue weighted by molar-refractivity contribution is 5.92. The molecule has 0 N–H and O–H groups in total. The maximum Gasteiger partial charge on any atom is 0.246 e. The minimum Gasteiger partial charge on any atom is -0.493 e. The van der Waals surface area contributed by atoms with Crippen LogP contribution in [0.3, 0.4) is 0 Å². The molecule has 0 spiro atoms. The molecule has 0 bridgehead atoms. The lowest BCUT2D eigenvalue weighted by Gasteiger charge is -2.40. The van der Waals surface area contributed by atoms with Gasteiger partial charge >= 0.3 is 0 Å². The van der Waals surface area contributed by atoms with E-state index < -0.39 is 0 Å². The molecule has 0 radical (unpaired) electrons. The molecule has 2 fully saturated rings. The molecule has 3 rings (SSSR count). The Labute approximate surface area is 156 Å². The van der Waals surface area contributed by atoms with Crippen LogP contribution in [-0.4, -0.2) is 62.1 Å². The van der Waals surface area contributed by atoms with Crippen molar-refractivity contribution < 1.29 is 14.3 Å². The van der Waals surface area contributed by atoms with Gasteiger partial charge in [0.25, 0.3) is 0 Å². The molecule has 1 aliphatic heterocycles. The van der Waals surface area contributed by atoms with Crippen molar-refractivity contribution in [3.8, 4) is 11.5 Å². The first kappa shape index (κ1) is 18.8.